The topological polar surface area (TPSA) is 74.6 Å². The summed E-state index contributed by atoms with van der Waals surface area (Å²) in [6.07, 6.45) is 2.07. The van der Waals surface area contributed by atoms with E-state index in [4.69, 9.17) is 14.2 Å². The van der Waals surface area contributed by atoms with Crippen molar-refractivity contribution in [2.45, 2.75) is 26.3 Å². The number of carbonyl (C=O) groups is 1. The Bertz CT molecular complexity index is 1030. The Morgan fingerprint density at radius 1 is 1.21 bits per heavy atom. The molecule has 1 aliphatic rings. The van der Waals surface area contributed by atoms with Gasteiger partial charge in [-0.25, -0.2) is 4.68 Å². The minimum absolute atomic E-state index is 0.0621. The minimum atomic E-state index is -0.163. The summed E-state index contributed by atoms with van der Waals surface area (Å²) in [5, 5.41) is 7.54. The third kappa shape index (κ3) is 3.89. The molecule has 0 radical (unpaired) electrons. The lowest BCUT2D eigenvalue weighted by Crippen LogP contribution is -2.28. The van der Waals surface area contributed by atoms with Crippen molar-refractivity contribution in [3.63, 3.8) is 0 Å². The van der Waals surface area contributed by atoms with Crippen molar-refractivity contribution in [2.24, 2.45) is 0 Å². The van der Waals surface area contributed by atoms with Crippen LogP contribution >= 0.6 is 0 Å². The summed E-state index contributed by atoms with van der Waals surface area (Å²) < 4.78 is 17.7. The Balaban J connectivity index is 1.43. The molecule has 1 N–H and O–H groups in total. The van der Waals surface area contributed by atoms with E-state index in [0.29, 0.717) is 11.5 Å². The fourth-order valence-corrected chi connectivity index (χ4v) is 3.44. The van der Waals surface area contributed by atoms with Gasteiger partial charge in [-0.1, -0.05) is 6.07 Å². The SMILES string of the molecule is COc1ccc(-n2ncc([C@H](C)NC(=O)Cc3ccc4c(c3)OCO4)c2C)cc1. The molecule has 0 aliphatic carbocycles. The number of fused-ring (bicyclic) bond motifs is 1. The van der Waals surface area contributed by atoms with E-state index in [0.717, 1.165) is 28.3 Å². The number of rotatable bonds is 6. The second-order valence-corrected chi connectivity index (χ2v) is 6.95. The van der Waals surface area contributed by atoms with Gasteiger partial charge in [0.05, 0.1) is 31.5 Å². The highest BCUT2D eigenvalue weighted by atomic mass is 16.7. The lowest BCUT2D eigenvalue weighted by atomic mass is 10.1. The van der Waals surface area contributed by atoms with Gasteiger partial charge in [0.15, 0.2) is 11.5 Å². The van der Waals surface area contributed by atoms with Gasteiger partial charge in [0.1, 0.15) is 5.75 Å². The first-order chi connectivity index (χ1) is 14.0. The van der Waals surface area contributed by atoms with E-state index in [1.807, 2.05) is 61.0 Å². The van der Waals surface area contributed by atoms with Crippen LogP contribution in [0.4, 0.5) is 0 Å². The predicted molar refractivity (Wildman–Crippen MR) is 108 cm³/mol. The molecule has 29 heavy (non-hydrogen) atoms. The van der Waals surface area contributed by atoms with Crippen LogP contribution in [0.2, 0.25) is 0 Å². The molecule has 0 unspecified atom stereocenters. The van der Waals surface area contributed by atoms with Gasteiger partial charge < -0.3 is 19.5 Å². The van der Waals surface area contributed by atoms with Crippen LogP contribution in [0.5, 0.6) is 17.2 Å². The molecule has 1 aromatic heterocycles. The molecule has 2 aromatic carbocycles. The molecule has 1 amide bonds. The quantitative estimate of drug-likeness (QED) is 0.695. The fraction of sp³-hybridized carbons (Fsp3) is 0.273. The summed E-state index contributed by atoms with van der Waals surface area (Å²) in [5.74, 6) is 2.12. The van der Waals surface area contributed by atoms with E-state index in [2.05, 4.69) is 10.4 Å². The van der Waals surface area contributed by atoms with Gasteiger partial charge in [-0.05, 0) is 55.8 Å². The molecule has 1 atom stereocenters. The molecule has 1 aliphatic heterocycles. The number of hydrogen-bond donors (Lipinski definition) is 1. The number of benzene rings is 2. The number of carbonyl (C=O) groups excluding carboxylic acids is 1. The Morgan fingerprint density at radius 2 is 1.97 bits per heavy atom. The molecule has 0 fully saturated rings. The number of amides is 1. The van der Waals surface area contributed by atoms with Crippen LogP contribution < -0.4 is 19.5 Å². The normalized spacial score (nSPS) is 13.2. The second-order valence-electron chi connectivity index (χ2n) is 6.95. The van der Waals surface area contributed by atoms with Gasteiger partial charge >= 0.3 is 0 Å². The highest BCUT2D eigenvalue weighted by Gasteiger charge is 2.18. The summed E-state index contributed by atoms with van der Waals surface area (Å²) in [6, 6.07) is 13.1. The van der Waals surface area contributed by atoms with Crippen molar-refractivity contribution in [3.8, 4) is 22.9 Å². The van der Waals surface area contributed by atoms with Gasteiger partial charge in [-0.3, -0.25) is 4.79 Å². The molecule has 0 saturated carbocycles. The van der Waals surface area contributed by atoms with Crippen LogP contribution in [0.3, 0.4) is 0 Å². The molecule has 7 heteroatoms. The van der Waals surface area contributed by atoms with Crippen molar-refractivity contribution in [3.05, 3.63) is 65.5 Å². The zero-order valence-corrected chi connectivity index (χ0v) is 16.6. The summed E-state index contributed by atoms with van der Waals surface area (Å²) in [6.45, 7) is 4.17. The van der Waals surface area contributed by atoms with Crippen LogP contribution in [0.1, 0.15) is 29.8 Å². The molecule has 4 rings (SSSR count). The van der Waals surface area contributed by atoms with Gasteiger partial charge in [0.2, 0.25) is 12.7 Å². The average molecular weight is 393 g/mol. The van der Waals surface area contributed by atoms with E-state index in [9.17, 15) is 4.79 Å². The Hall–Kier alpha value is -3.48. The lowest BCUT2D eigenvalue weighted by Gasteiger charge is -2.14. The fourth-order valence-electron chi connectivity index (χ4n) is 3.44. The van der Waals surface area contributed by atoms with Crippen LogP contribution in [-0.2, 0) is 11.2 Å². The van der Waals surface area contributed by atoms with Crippen molar-refractivity contribution in [1.82, 2.24) is 15.1 Å². The summed E-state index contributed by atoms with van der Waals surface area (Å²) >= 11 is 0. The summed E-state index contributed by atoms with van der Waals surface area (Å²) in [4.78, 5) is 12.5. The number of methoxy groups -OCH3 is 1. The van der Waals surface area contributed by atoms with Crippen LogP contribution in [0.25, 0.3) is 5.69 Å². The standard InChI is InChI=1S/C22H23N3O4/c1-14(24-22(26)11-16-4-9-20-21(10-16)29-13-28-20)19-12-23-25(15(19)2)17-5-7-18(27-3)8-6-17/h4-10,12,14H,11,13H2,1-3H3,(H,24,26)/t14-/m0/s1. The number of ether oxygens (including phenoxy) is 3. The highest BCUT2D eigenvalue weighted by Crippen LogP contribution is 2.32. The third-order valence-corrected chi connectivity index (χ3v) is 5.01. The number of nitrogens with one attached hydrogen (secondary N) is 1. The molecule has 150 valence electrons. The number of nitrogens with zero attached hydrogens (tertiary/aromatic N) is 2. The lowest BCUT2D eigenvalue weighted by molar-refractivity contribution is -0.121. The second kappa shape index (κ2) is 7.87. The van der Waals surface area contributed by atoms with Crippen LogP contribution in [-0.4, -0.2) is 29.6 Å². The Labute approximate surface area is 169 Å². The van der Waals surface area contributed by atoms with E-state index in [-0.39, 0.29) is 25.2 Å². The molecule has 0 bridgehead atoms. The molecule has 3 aromatic rings. The average Bonchev–Trinajstić information content (AvgIpc) is 3.34. The van der Waals surface area contributed by atoms with E-state index in [1.54, 1.807) is 13.3 Å². The zero-order chi connectivity index (χ0) is 20.4. The van der Waals surface area contributed by atoms with Crippen molar-refractivity contribution >= 4 is 5.91 Å². The number of hydrogen-bond acceptors (Lipinski definition) is 5. The highest BCUT2D eigenvalue weighted by molar-refractivity contribution is 5.79. The molecule has 7 nitrogen and oxygen atoms in total. The maximum absolute atomic E-state index is 12.5. The first-order valence-corrected chi connectivity index (χ1v) is 9.42. The van der Waals surface area contributed by atoms with Crippen LogP contribution in [0.15, 0.2) is 48.7 Å². The van der Waals surface area contributed by atoms with Crippen LogP contribution in [0, 0.1) is 6.92 Å². The van der Waals surface area contributed by atoms with Gasteiger partial charge in [-0.2, -0.15) is 5.10 Å². The molecular weight excluding hydrogens is 370 g/mol. The van der Waals surface area contributed by atoms with Crippen molar-refractivity contribution in [2.75, 3.05) is 13.9 Å². The van der Waals surface area contributed by atoms with Crippen molar-refractivity contribution < 1.29 is 19.0 Å². The molecule has 0 spiro atoms. The Kier molecular flexibility index (Phi) is 5.12. The first-order valence-electron chi connectivity index (χ1n) is 9.42. The molecular formula is C22H23N3O4. The first kappa shape index (κ1) is 18.9. The van der Waals surface area contributed by atoms with Crippen molar-refractivity contribution in [1.29, 1.82) is 0 Å². The van der Waals surface area contributed by atoms with E-state index in [1.165, 1.54) is 0 Å². The van der Waals surface area contributed by atoms with Gasteiger partial charge in [-0.15, -0.1) is 0 Å². The largest absolute Gasteiger partial charge is 0.497 e. The van der Waals surface area contributed by atoms with Gasteiger partial charge in [0.25, 0.3) is 0 Å². The number of aromatic nitrogens is 2. The predicted octanol–water partition coefficient (Wildman–Crippen LogP) is 3.34. The Morgan fingerprint density at radius 3 is 2.72 bits per heavy atom. The summed E-state index contributed by atoms with van der Waals surface area (Å²) in [7, 11) is 1.64. The van der Waals surface area contributed by atoms with E-state index >= 15 is 0 Å². The third-order valence-electron chi connectivity index (χ3n) is 5.01. The molecule has 2 heterocycles. The van der Waals surface area contributed by atoms with E-state index < -0.39 is 0 Å². The van der Waals surface area contributed by atoms with Gasteiger partial charge in [0, 0.05) is 11.3 Å². The monoisotopic (exact) mass is 393 g/mol. The minimum Gasteiger partial charge on any atom is -0.497 e. The summed E-state index contributed by atoms with van der Waals surface area (Å²) in [5.41, 5.74) is 3.77. The zero-order valence-electron chi connectivity index (χ0n) is 16.6. The maximum atomic E-state index is 12.5. The molecule has 0 saturated heterocycles. The smallest absolute Gasteiger partial charge is 0.231 e. The maximum Gasteiger partial charge on any atom is 0.231 e.